The van der Waals surface area contributed by atoms with E-state index in [0.29, 0.717) is 11.5 Å². The fourth-order valence-corrected chi connectivity index (χ4v) is 3.45. The third kappa shape index (κ3) is 2.93. The Labute approximate surface area is 108 Å². The Hall–Kier alpha value is -1.29. The summed E-state index contributed by atoms with van der Waals surface area (Å²) >= 11 is 1.05. The third-order valence-corrected chi connectivity index (χ3v) is 4.96. The number of nitrogens with one attached hydrogen (secondary N) is 1. The molecule has 0 aliphatic heterocycles. The molecule has 9 heteroatoms. The fraction of sp³-hybridized carbons (Fsp3) is 0.333. The smallest absolute Gasteiger partial charge is 0.250 e. The second-order valence-electron chi connectivity index (χ2n) is 3.49. The molecule has 0 unspecified atom stereocenters. The summed E-state index contributed by atoms with van der Waals surface area (Å²) in [6, 6.07) is 1.43. The van der Waals surface area contributed by atoms with Crippen LogP contribution in [0.1, 0.15) is 17.3 Å². The van der Waals surface area contributed by atoms with E-state index < -0.39 is 10.0 Å². The average molecular weight is 289 g/mol. The Kier molecular flexibility index (Phi) is 3.76. The van der Waals surface area contributed by atoms with Gasteiger partial charge in [0.15, 0.2) is 5.82 Å². The van der Waals surface area contributed by atoms with Crippen molar-refractivity contribution < 1.29 is 18.0 Å². The highest BCUT2D eigenvalue weighted by molar-refractivity contribution is 7.91. The maximum atomic E-state index is 11.9. The minimum atomic E-state index is -3.60. The standard InChI is InChI=1S/C9H11N3O4S2/c1-6-11-8(12-16-6)3-10-18(14,15)9-2-7(4-13)5-17-9/h2,5,10,13H,3-4H2,1H3. The maximum absolute atomic E-state index is 11.9. The van der Waals surface area contributed by atoms with Gasteiger partial charge < -0.3 is 9.63 Å². The molecular formula is C9H11N3O4S2. The Morgan fingerprint density at radius 3 is 2.89 bits per heavy atom. The predicted octanol–water partition coefficient (Wildman–Crippen LogP) is 0.410. The van der Waals surface area contributed by atoms with Crippen LogP contribution in [0.3, 0.4) is 0 Å². The molecular weight excluding hydrogens is 278 g/mol. The van der Waals surface area contributed by atoms with Crippen LogP contribution in [0.25, 0.3) is 0 Å². The van der Waals surface area contributed by atoms with Crippen LogP contribution in [0.5, 0.6) is 0 Å². The number of rotatable bonds is 5. The number of aliphatic hydroxyl groups excluding tert-OH is 1. The highest BCUT2D eigenvalue weighted by Gasteiger charge is 2.17. The quantitative estimate of drug-likeness (QED) is 0.826. The molecule has 2 heterocycles. The molecule has 2 rings (SSSR count). The van der Waals surface area contributed by atoms with E-state index in [1.165, 1.54) is 6.07 Å². The van der Waals surface area contributed by atoms with Crippen LogP contribution in [0.4, 0.5) is 0 Å². The van der Waals surface area contributed by atoms with Gasteiger partial charge in [-0.15, -0.1) is 11.3 Å². The van der Waals surface area contributed by atoms with Gasteiger partial charge in [-0.1, -0.05) is 5.16 Å². The van der Waals surface area contributed by atoms with Crippen molar-refractivity contribution in [2.24, 2.45) is 0 Å². The van der Waals surface area contributed by atoms with Crippen molar-refractivity contribution in [3.63, 3.8) is 0 Å². The van der Waals surface area contributed by atoms with E-state index in [2.05, 4.69) is 14.9 Å². The molecule has 0 aliphatic carbocycles. The normalized spacial score (nSPS) is 11.9. The lowest BCUT2D eigenvalue weighted by molar-refractivity contribution is 0.282. The topological polar surface area (TPSA) is 105 Å². The molecule has 98 valence electrons. The largest absolute Gasteiger partial charge is 0.392 e. The van der Waals surface area contributed by atoms with Gasteiger partial charge in [-0.25, -0.2) is 13.1 Å². The lowest BCUT2D eigenvalue weighted by atomic mass is 10.4. The monoisotopic (exact) mass is 289 g/mol. The number of aryl methyl sites for hydroxylation is 1. The number of aromatic nitrogens is 2. The second kappa shape index (κ2) is 5.14. The van der Waals surface area contributed by atoms with Crippen LogP contribution < -0.4 is 4.72 Å². The molecule has 0 spiro atoms. The number of nitrogens with zero attached hydrogens (tertiary/aromatic N) is 2. The van der Waals surface area contributed by atoms with Gasteiger partial charge in [0, 0.05) is 6.92 Å². The Morgan fingerprint density at radius 2 is 2.33 bits per heavy atom. The Balaban J connectivity index is 2.07. The van der Waals surface area contributed by atoms with Gasteiger partial charge in [0.1, 0.15) is 4.21 Å². The Bertz CT molecular complexity index is 632. The molecule has 0 aromatic carbocycles. The van der Waals surface area contributed by atoms with Crippen LogP contribution in [-0.4, -0.2) is 23.7 Å². The minimum Gasteiger partial charge on any atom is -0.392 e. The molecule has 7 nitrogen and oxygen atoms in total. The fourth-order valence-electron chi connectivity index (χ4n) is 1.22. The number of aliphatic hydroxyl groups is 1. The van der Waals surface area contributed by atoms with Gasteiger partial charge in [-0.3, -0.25) is 0 Å². The molecule has 0 atom stereocenters. The minimum absolute atomic E-state index is 0.0357. The molecule has 0 saturated heterocycles. The molecule has 0 radical (unpaired) electrons. The summed E-state index contributed by atoms with van der Waals surface area (Å²) in [6.07, 6.45) is 0. The van der Waals surface area contributed by atoms with E-state index in [4.69, 9.17) is 9.63 Å². The molecule has 0 bridgehead atoms. The van der Waals surface area contributed by atoms with Gasteiger partial charge in [0.25, 0.3) is 0 Å². The van der Waals surface area contributed by atoms with Gasteiger partial charge in [0.05, 0.1) is 13.2 Å². The zero-order valence-corrected chi connectivity index (χ0v) is 11.1. The number of hydrogen-bond donors (Lipinski definition) is 2. The first-order valence-corrected chi connectivity index (χ1v) is 7.34. The van der Waals surface area contributed by atoms with E-state index in [0.717, 1.165) is 11.3 Å². The van der Waals surface area contributed by atoms with Crippen LogP contribution in [0.2, 0.25) is 0 Å². The first kappa shape index (κ1) is 13.1. The lowest BCUT2D eigenvalue weighted by Crippen LogP contribution is -2.23. The summed E-state index contributed by atoms with van der Waals surface area (Å²) in [5.74, 6) is 0.651. The molecule has 18 heavy (non-hydrogen) atoms. The molecule has 0 aliphatic rings. The first-order chi connectivity index (χ1) is 8.51. The second-order valence-corrected chi connectivity index (χ2v) is 6.39. The first-order valence-electron chi connectivity index (χ1n) is 4.98. The van der Waals surface area contributed by atoms with Gasteiger partial charge in [0.2, 0.25) is 15.9 Å². The van der Waals surface area contributed by atoms with Crippen LogP contribution in [0.15, 0.2) is 20.2 Å². The van der Waals surface area contributed by atoms with Gasteiger partial charge >= 0.3 is 0 Å². The van der Waals surface area contributed by atoms with Crippen molar-refractivity contribution in [3.8, 4) is 0 Å². The van der Waals surface area contributed by atoms with E-state index in [1.54, 1.807) is 12.3 Å². The van der Waals surface area contributed by atoms with Crippen molar-refractivity contribution >= 4 is 21.4 Å². The van der Waals surface area contributed by atoms with Crippen LogP contribution in [-0.2, 0) is 23.2 Å². The maximum Gasteiger partial charge on any atom is 0.250 e. The highest BCUT2D eigenvalue weighted by Crippen LogP contribution is 2.20. The summed E-state index contributed by atoms with van der Waals surface area (Å²) in [5.41, 5.74) is 0.566. The average Bonchev–Trinajstić information content (AvgIpc) is 2.95. The van der Waals surface area contributed by atoms with Gasteiger partial charge in [-0.05, 0) is 17.0 Å². The van der Waals surface area contributed by atoms with E-state index in [9.17, 15) is 8.42 Å². The molecule has 0 saturated carbocycles. The Morgan fingerprint density at radius 1 is 1.56 bits per heavy atom. The molecule has 2 aromatic heterocycles. The van der Waals surface area contributed by atoms with E-state index >= 15 is 0 Å². The van der Waals surface area contributed by atoms with E-state index in [-0.39, 0.29) is 23.2 Å². The SMILES string of the molecule is Cc1nc(CNS(=O)(=O)c2cc(CO)cs2)no1. The molecule has 0 fully saturated rings. The lowest BCUT2D eigenvalue weighted by Gasteiger charge is -2.00. The molecule has 2 N–H and O–H groups in total. The summed E-state index contributed by atoms with van der Waals surface area (Å²) in [6.45, 7) is 1.40. The van der Waals surface area contributed by atoms with E-state index in [1.807, 2.05) is 0 Å². The predicted molar refractivity (Wildman–Crippen MR) is 63.3 cm³/mol. The van der Waals surface area contributed by atoms with Crippen molar-refractivity contribution in [1.82, 2.24) is 14.9 Å². The summed E-state index contributed by atoms with van der Waals surface area (Å²) in [5, 5.41) is 14.1. The summed E-state index contributed by atoms with van der Waals surface area (Å²) in [7, 11) is -3.60. The number of thiophene rings is 1. The number of sulfonamides is 1. The summed E-state index contributed by atoms with van der Waals surface area (Å²) in [4.78, 5) is 3.89. The van der Waals surface area contributed by atoms with Crippen LogP contribution >= 0.6 is 11.3 Å². The summed E-state index contributed by atoms with van der Waals surface area (Å²) < 4.78 is 31.0. The zero-order chi connectivity index (χ0) is 13.2. The van der Waals surface area contributed by atoms with Crippen molar-refractivity contribution in [2.75, 3.05) is 0 Å². The third-order valence-electron chi connectivity index (χ3n) is 2.07. The van der Waals surface area contributed by atoms with Crippen LogP contribution in [0, 0.1) is 6.92 Å². The van der Waals surface area contributed by atoms with Crippen molar-refractivity contribution in [1.29, 1.82) is 0 Å². The van der Waals surface area contributed by atoms with Crippen molar-refractivity contribution in [3.05, 3.63) is 28.7 Å². The van der Waals surface area contributed by atoms with Crippen molar-refractivity contribution in [2.45, 2.75) is 24.3 Å². The highest BCUT2D eigenvalue weighted by atomic mass is 32.2. The number of hydrogen-bond acceptors (Lipinski definition) is 7. The van der Waals surface area contributed by atoms with Gasteiger partial charge in [-0.2, -0.15) is 4.98 Å². The molecule has 0 amide bonds. The molecule has 2 aromatic rings. The zero-order valence-electron chi connectivity index (χ0n) is 9.45.